The SMILES string of the molecule is CC(C)N(CCNC(=O)CC1CCCC1)C(C)C. The van der Waals surface area contributed by atoms with Crippen molar-refractivity contribution in [1.29, 1.82) is 0 Å². The number of nitrogens with zero attached hydrogens (tertiary/aromatic N) is 1. The summed E-state index contributed by atoms with van der Waals surface area (Å²) in [7, 11) is 0. The highest BCUT2D eigenvalue weighted by Gasteiger charge is 2.18. The van der Waals surface area contributed by atoms with E-state index in [9.17, 15) is 4.79 Å². The largest absolute Gasteiger partial charge is 0.355 e. The van der Waals surface area contributed by atoms with Gasteiger partial charge in [-0.05, 0) is 46.5 Å². The molecule has 0 unspecified atom stereocenters. The van der Waals surface area contributed by atoms with Gasteiger partial charge in [0.25, 0.3) is 0 Å². The number of nitrogens with one attached hydrogen (secondary N) is 1. The maximum absolute atomic E-state index is 11.8. The van der Waals surface area contributed by atoms with Crippen LogP contribution in [0, 0.1) is 5.92 Å². The van der Waals surface area contributed by atoms with Gasteiger partial charge in [0, 0.05) is 31.6 Å². The Morgan fingerprint density at radius 1 is 1.17 bits per heavy atom. The minimum absolute atomic E-state index is 0.245. The van der Waals surface area contributed by atoms with Gasteiger partial charge in [0.15, 0.2) is 0 Å². The normalized spacial score (nSPS) is 17.1. The van der Waals surface area contributed by atoms with Crippen LogP contribution in [-0.4, -0.2) is 36.0 Å². The van der Waals surface area contributed by atoms with E-state index in [-0.39, 0.29) is 5.91 Å². The standard InChI is InChI=1S/C15H30N2O/c1-12(2)17(13(3)4)10-9-16-15(18)11-14-7-5-6-8-14/h12-14H,5-11H2,1-4H3,(H,16,18). The Morgan fingerprint density at radius 3 is 2.22 bits per heavy atom. The first-order valence-electron chi connectivity index (χ1n) is 7.53. The van der Waals surface area contributed by atoms with E-state index in [4.69, 9.17) is 0 Å². The minimum atomic E-state index is 0.245. The van der Waals surface area contributed by atoms with Gasteiger partial charge in [-0.2, -0.15) is 0 Å². The Morgan fingerprint density at radius 2 is 1.72 bits per heavy atom. The van der Waals surface area contributed by atoms with Gasteiger partial charge in [0.1, 0.15) is 0 Å². The maximum atomic E-state index is 11.8. The van der Waals surface area contributed by atoms with Gasteiger partial charge < -0.3 is 5.32 Å². The molecule has 0 aromatic heterocycles. The molecule has 0 spiro atoms. The molecule has 0 aromatic rings. The molecule has 1 saturated carbocycles. The van der Waals surface area contributed by atoms with Crippen LogP contribution in [0.4, 0.5) is 0 Å². The summed E-state index contributed by atoms with van der Waals surface area (Å²) in [6, 6.07) is 1.08. The van der Waals surface area contributed by atoms with Crippen LogP contribution in [0.1, 0.15) is 59.8 Å². The van der Waals surface area contributed by atoms with Crippen molar-refractivity contribution in [1.82, 2.24) is 10.2 Å². The van der Waals surface area contributed by atoms with Crippen molar-refractivity contribution >= 4 is 5.91 Å². The summed E-state index contributed by atoms with van der Waals surface area (Å²) in [4.78, 5) is 14.2. The average molecular weight is 254 g/mol. The first-order chi connectivity index (χ1) is 8.50. The molecule has 0 aromatic carbocycles. The molecule has 1 fully saturated rings. The van der Waals surface area contributed by atoms with Crippen molar-refractivity contribution in [2.75, 3.05) is 13.1 Å². The van der Waals surface area contributed by atoms with E-state index >= 15 is 0 Å². The van der Waals surface area contributed by atoms with Crippen LogP contribution in [-0.2, 0) is 4.79 Å². The van der Waals surface area contributed by atoms with Crippen molar-refractivity contribution in [3.63, 3.8) is 0 Å². The summed E-state index contributed by atoms with van der Waals surface area (Å²) in [6.45, 7) is 10.6. The van der Waals surface area contributed by atoms with Gasteiger partial charge in [-0.3, -0.25) is 9.69 Å². The van der Waals surface area contributed by atoms with E-state index in [2.05, 4.69) is 37.9 Å². The monoisotopic (exact) mass is 254 g/mol. The summed E-state index contributed by atoms with van der Waals surface area (Å²) >= 11 is 0. The van der Waals surface area contributed by atoms with E-state index in [1.807, 2.05) is 0 Å². The summed E-state index contributed by atoms with van der Waals surface area (Å²) < 4.78 is 0. The molecule has 3 heteroatoms. The first-order valence-corrected chi connectivity index (χ1v) is 7.53. The molecule has 1 aliphatic rings. The van der Waals surface area contributed by atoms with Gasteiger partial charge in [0.05, 0.1) is 0 Å². The third-order valence-electron chi connectivity index (χ3n) is 3.97. The maximum Gasteiger partial charge on any atom is 0.220 e. The zero-order valence-corrected chi connectivity index (χ0v) is 12.5. The van der Waals surface area contributed by atoms with E-state index in [0.717, 1.165) is 19.5 Å². The fourth-order valence-corrected chi connectivity index (χ4v) is 2.99. The van der Waals surface area contributed by atoms with Crippen molar-refractivity contribution < 1.29 is 4.79 Å². The van der Waals surface area contributed by atoms with Crippen LogP contribution in [0.5, 0.6) is 0 Å². The topological polar surface area (TPSA) is 32.3 Å². The third-order valence-corrected chi connectivity index (χ3v) is 3.97. The molecular weight excluding hydrogens is 224 g/mol. The van der Waals surface area contributed by atoms with Crippen molar-refractivity contribution in [2.24, 2.45) is 5.92 Å². The molecule has 1 aliphatic carbocycles. The molecule has 18 heavy (non-hydrogen) atoms. The zero-order chi connectivity index (χ0) is 13.5. The highest BCUT2D eigenvalue weighted by molar-refractivity contribution is 5.76. The third kappa shape index (κ3) is 5.38. The number of hydrogen-bond acceptors (Lipinski definition) is 2. The molecule has 0 aliphatic heterocycles. The Bertz CT molecular complexity index is 237. The van der Waals surface area contributed by atoms with Gasteiger partial charge in [-0.1, -0.05) is 12.8 Å². The zero-order valence-electron chi connectivity index (χ0n) is 12.5. The second-order valence-corrected chi connectivity index (χ2v) is 6.13. The van der Waals surface area contributed by atoms with E-state index < -0.39 is 0 Å². The number of hydrogen-bond donors (Lipinski definition) is 1. The number of carbonyl (C=O) groups is 1. The van der Waals surface area contributed by atoms with Crippen molar-refractivity contribution in [3.8, 4) is 0 Å². The highest BCUT2D eigenvalue weighted by atomic mass is 16.1. The average Bonchev–Trinajstić information content (AvgIpc) is 2.75. The smallest absolute Gasteiger partial charge is 0.220 e. The molecular formula is C15H30N2O. The lowest BCUT2D eigenvalue weighted by Crippen LogP contribution is -2.42. The molecule has 106 valence electrons. The first kappa shape index (κ1) is 15.5. The van der Waals surface area contributed by atoms with Crippen LogP contribution in [0.15, 0.2) is 0 Å². The van der Waals surface area contributed by atoms with Crippen LogP contribution in [0.3, 0.4) is 0 Å². The molecule has 0 saturated heterocycles. The molecule has 0 radical (unpaired) electrons. The molecule has 3 nitrogen and oxygen atoms in total. The second kappa shape index (κ2) is 7.78. The lowest BCUT2D eigenvalue weighted by atomic mass is 10.0. The van der Waals surface area contributed by atoms with Gasteiger partial charge >= 0.3 is 0 Å². The summed E-state index contributed by atoms with van der Waals surface area (Å²) in [5.41, 5.74) is 0. The fourth-order valence-electron chi connectivity index (χ4n) is 2.99. The van der Waals surface area contributed by atoms with Crippen molar-refractivity contribution in [2.45, 2.75) is 71.9 Å². The number of amides is 1. The Kier molecular flexibility index (Phi) is 6.69. The summed E-state index contributed by atoms with van der Waals surface area (Å²) in [6.07, 6.45) is 5.86. The van der Waals surface area contributed by atoms with Gasteiger partial charge in [-0.15, -0.1) is 0 Å². The number of rotatable bonds is 7. The quantitative estimate of drug-likeness (QED) is 0.757. The van der Waals surface area contributed by atoms with E-state index in [1.165, 1.54) is 25.7 Å². The molecule has 1 rings (SSSR count). The van der Waals surface area contributed by atoms with Crippen LogP contribution in [0.25, 0.3) is 0 Å². The Labute approximate surface area is 112 Å². The van der Waals surface area contributed by atoms with E-state index in [0.29, 0.717) is 18.0 Å². The molecule has 0 bridgehead atoms. The van der Waals surface area contributed by atoms with Gasteiger partial charge in [0.2, 0.25) is 5.91 Å². The summed E-state index contributed by atoms with van der Waals surface area (Å²) in [5, 5.41) is 3.07. The van der Waals surface area contributed by atoms with E-state index in [1.54, 1.807) is 0 Å². The van der Waals surface area contributed by atoms with Crippen LogP contribution < -0.4 is 5.32 Å². The Balaban J connectivity index is 2.17. The predicted molar refractivity (Wildman–Crippen MR) is 76.6 cm³/mol. The highest BCUT2D eigenvalue weighted by Crippen LogP contribution is 2.27. The molecule has 1 N–H and O–H groups in total. The lowest BCUT2D eigenvalue weighted by Gasteiger charge is -2.30. The van der Waals surface area contributed by atoms with Crippen LogP contribution >= 0.6 is 0 Å². The fraction of sp³-hybridized carbons (Fsp3) is 0.933. The number of carbonyl (C=O) groups excluding carboxylic acids is 1. The second-order valence-electron chi connectivity index (χ2n) is 6.13. The molecule has 1 amide bonds. The predicted octanol–water partition coefficient (Wildman–Crippen LogP) is 2.80. The minimum Gasteiger partial charge on any atom is -0.355 e. The van der Waals surface area contributed by atoms with Gasteiger partial charge in [-0.25, -0.2) is 0 Å². The van der Waals surface area contributed by atoms with Crippen LogP contribution in [0.2, 0.25) is 0 Å². The van der Waals surface area contributed by atoms with Crippen molar-refractivity contribution in [3.05, 3.63) is 0 Å². The lowest BCUT2D eigenvalue weighted by molar-refractivity contribution is -0.122. The molecule has 0 heterocycles. The summed E-state index contributed by atoms with van der Waals surface area (Å²) in [5.74, 6) is 0.894. The Hall–Kier alpha value is -0.570. The molecule has 0 atom stereocenters.